The number of pyridine rings is 3. The first-order valence-corrected chi connectivity index (χ1v) is 8.66. The molecular formula is C23H20N3+. The zero-order valence-corrected chi connectivity index (χ0v) is 14.9. The van der Waals surface area contributed by atoms with E-state index in [0.29, 0.717) is 0 Å². The molecule has 0 N–H and O–H groups in total. The second-order valence-electron chi connectivity index (χ2n) is 6.40. The van der Waals surface area contributed by atoms with Gasteiger partial charge in [0.05, 0.1) is 11.4 Å². The lowest BCUT2D eigenvalue weighted by Gasteiger charge is -2.09. The number of aromatic nitrogens is 3. The Morgan fingerprint density at radius 3 is 2.23 bits per heavy atom. The summed E-state index contributed by atoms with van der Waals surface area (Å²) in [6.07, 6.45) is 3.84. The van der Waals surface area contributed by atoms with Crippen molar-refractivity contribution in [1.29, 1.82) is 0 Å². The Kier molecular flexibility index (Phi) is 4.28. The summed E-state index contributed by atoms with van der Waals surface area (Å²) in [7, 11) is 2.04. The van der Waals surface area contributed by atoms with Crippen LogP contribution in [0.25, 0.3) is 33.9 Å². The molecule has 0 radical (unpaired) electrons. The van der Waals surface area contributed by atoms with Gasteiger partial charge in [0.15, 0.2) is 6.20 Å². The van der Waals surface area contributed by atoms with E-state index < -0.39 is 0 Å². The number of hydrogen-bond acceptors (Lipinski definition) is 2. The third kappa shape index (κ3) is 3.24. The minimum atomic E-state index is 0.876. The van der Waals surface area contributed by atoms with E-state index in [-0.39, 0.29) is 0 Å². The maximum atomic E-state index is 4.89. The quantitative estimate of drug-likeness (QED) is 0.511. The average Bonchev–Trinajstić information content (AvgIpc) is 2.69. The topological polar surface area (TPSA) is 29.7 Å². The zero-order valence-electron chi connectivity index (χ0n) is 14.9. The predicted molar refractivity (Wildman–Crippen MR) is 104 cm³/mol. The molecule has 0 spiro atoms. The molecule has 3 nitrogen and oxygen atoms in total. The number of nitrogens with zero attached hydrogens (tertiary/aromatic N) is 3. The molecule has 4 aromatic rings. The highest BCUT2D eigenvalue weighted by Crippen LogP contribution is 2.28. The van der Waals surface area contributed by atoms with Crippen molar-refractivity contribution < 1.29 is 4.57 Å². The van der Waals surface area contributed by atoms with Crippen LogP contribution in [0, 0.1) is 6.92 Å². The van der Waals surface area contributed by atoms with Crippen LogP contribution < -0.4 is 4.57 Å². The van der Waals surface area contributed by atoms with Crippen LogP contribution in [-0.4, -0.2) is 9.97 Å². The maximum absolute atomic E-state index is 4.89. The number of aryl methyl sites for hydroxylation is 2. The molecule has 26 heavy (non-hydrogen) atoms. The largest absolute Gasteiger partial charge is 0.255 e. The molecule has 0 bridgehead atoms. The second kappa shape index (κ2) is 6.89. The van der Waals surface area contributed by atoms with Gasteiger partial charge in [0, 0.05) is 18.3 Å². The summed E-state index contributed by atoms with van der Waals surface area (Å²) in [4.78, 5) is 9.38. The summed E-state index contributed by atoms with van der Waals surface area (Å²) in [6, 6.07) is 24.9. The van der Waals surface area contributed by atoms with Crippen LogP contribution >= 0.6 is 0 Å². The third-order valence-electron chi connectivity index (χ3n) is 4.45. The lowest BCUT2D eigenvalue weighted by atomic mass is 10.0. The molecule has 0 aliphatic heterocycles. The summed E-state index contributed by atoms with van der Waals surface area (Å²) < 4.78 is 2.09. The van der Waals surface area contributed by atoms with Crippen LogP contribution in [0.15, 0.2) is 85.2 Å². The normalized spacial score (nSPS) is 10.7. The van der Waals surface area contributed by atoms with Gasteiger partial charge in [-0.25, -0.2) is 4.98 Å². The molecule has 0 atom stereocenters. The Balaban J connectivity index is 1.93. The van der Waals surface area contributed by atoms with Crippen LogP contribution in [0.1, 0.15) is 5.56 Å². The molecule has 0 aliphatic carbocycles. The monoisotopic (exact) mass is 338 g/mol. The van der Waals surface area contributed by atoms with Gasteiger partial charge in [-0.15, -0.1) is 0 Å². The first kappa shape index (κ1) is 16.2. The third-order valence-corrected chi connectivity index (χ3v) is 4.45. The van der Waals surface area contributed by atoms with Crippen LogP contribution in [0.4, 0.5) is 0 Å². The van der Waals surface area contributed by atoms with Crippen molar-refractivity contribution in [3.05, 3.63) is 90.8 Å². The van der Waals surface area contributed by atoms with Crippen molar-refractivity contribution in [2.45, 2.75) is 6.92 Å². The van der Waals surface area contributed by atoms with Gasteiger partial charge >= 0.3 is 0 Å². The molecule has 0 aliphatic rings. The van der Waals surface area contributed by atoms with Gasteiger partial charge in [-0.2, -0.15) is 4.57 Å². The average molecular weight is 338 g/mol. The molecule has 0 amide bonds. The number of hydrogen-bond donors (Lipinski definition) is 0. The highest BCUT2D eigenvalue weighted by Gasteiger charge is 2.14. The van der Waals surface area contributed by atoms with Gasteiger partial charge in [-0.3, -0.25) is 4.98 Å². The molecule has 3 heterocycles. The fourth-order valence-corrected chi connectivity index (χ4v) is 3.01. The standard InChI is InChI=1S/C23H20N3/c1-17-9-11-18(12-10-17)19-15-21(20-7-3-5-13-24-20)25-22(16-19)23-8-4-6-14-26(23)2/h3-16H,1-2H3/q+1. The molecule has 0 saturated heterocycles. The van der Waals surface area contributed by atoms with Gasteiger partial charge in [0.25, 0.3) is 0 Å². The van der Waals surface area contributed by atoms with E-state index in [4.69, 9.17) is 4.98 Å². The summed E-state index contributed by atoms with van der Waals surface area (Å²) in [6.45, 7) is 2.10. The van der Waals surface area contributed by atoms with Gasteiger partial charge in [0.2, 0.25) is 5.69 Å². The predicted octanol–water partition coefficient (Wildman–Crippen LogP) is 4.61. The van der Waals surface area contributed by atoms with E-state index in [1.54, 1.807) is 6.20 Å². The molecule has 0 unspecified atom stereocenters. The first-order chi connectivity index (χ1) is 12.7. The van der Waals surface area contributed by atoms with E-state index in [1.807, 2.05) is 43.6 Å². The summed E-state index contributed by atoms with van der Waals surface area (Å²) in [5, 5.41) is 0. The maximum Gasteiger partial charge on any atom is 0.230 e. The number of benzene rings is 1. The van der Waals surface area contributed by atoms with Gasteiger partial charge in [0.1, 0.15) is 12.7 Å². The van der Waals surface area contributed by atoms with Crippen molar-refractivity contribution in [1.82, 2.24) is 9.97 Å². The molecule has 126 valence electrons. The molecule has 1 aromatic carbocycles. The summed E-state index contributed by atoms with van der Waals surface area (Å²) in [5.41, 5.74) is 7.33. The Bertz CT molecular complexity index is 1040. The summed E-state index contributed by atoms with van der Waals surface area (Å²) >= 11 is 0. The van der Waals surface area contributed by atoms with Crippen molar-refractivity contribution in [2.24, 2.45) is 7.05 Å². The molecule has 3 aromatic heterocycles. The van der Waals surface area contributed by atoms with Crippen molar-refractivity contribution in [2.75, 3.05) is 0 Å². The SMILES string of the molecule is Cc1ccc(-c2cc(-c3ccccn3)nc(-c3cccc[n+]3C)c2)cc1. The van der Waals surface area contributed by atoms with Crippen LogP contribution in [0.3, 0.4) is 0 Å². The highest BCUT2D eigenvalue weighted by atomic mass is 14.9. The molecule has 3 heteroatoms. The Morgan fingerprint density at radius 1 is 0.731 bits per heavy atom. The second-order valence-corrected chi connectivity index (χ2v) is 6.40. The Labute approximate surface area is 153 Å². The van der Waals surface area contributed by atoms with E-state index in [2.05, 4.69) is 58.9 Å². The van der Waals surface area contributed by atoms with E-state index >= 15 is 0 Å². The van der Waals surface area contributed by atoms with Gasteiger partial charge < -0.3 is 0 Å². The van der Waals surface area contributed by atoms with Crippen LogP contribution in [0.5, 0.6) is 0 Å². The van der Waals surface area contributed by atoms with Crippen molar-refractivity contribution in [3.8, 4) is 33.9 Å². The Hall–Kier alpha value is -3.33. The molecule has 0 fully saturated rings. The van der Waals surface area contributed by atoms with E-state index in [1.165, 1.54) is 11.1 Å². The van der Waals surface area contributed by atoms with Crippen LogP contribution in [-0.2, 0) is 7.05 Å². The van der Waals surface area contributed by atoms with Crippen LogP contribution in [0.2, 0.25) is 0 Å². The van der Waals surface area contributed by atoms with Crippen molar-refractivity contribution in [3.63, 3.8) is 0 Å². The fraction of sp³-hybridized carbons (Fsp3) is 0.0870. The smallest absolute Gasteiger partial charge is 0.230 e. The summed E-state index contributed by atoms with van der Waals surface area (Å²) in [5.74, 6) is 0. The first-order valence-electron chi connectivity index (χ1n) is 8.66. The number of rotatable bonds is 3. The van der Waals surface area contributed by atoms with E-state index in [0.717, 1.165) is 28.3 Å². The minimum absolute atomic E-state index is 0.876. The van der Waals surface area contributed by atoms with Gasteiger partial charge in [-0.1, -0.05) is 35.9 Å². The van der Waals surface area contributed by atoms with Gasteiger partial charge in [-0.05, 0) is 48.4 Å². The van der Waals surface area contributed by atoms with E-state index in [9.17, 15) is 0 Å². The Morgan fingerprint density at radius 2 is 1.50 bits per heavy atom. The fourth-order valence-electron chi connectivity index (χ4n) is 3.01. The minimum Gasteiger partial charge on any atom is -0.255 e. The molecule has 4 rings (SSSR count). The lowest BCUT2D eigenvalue weighted by Crippen LogP contribution is -2.30. The molecule has 0 saturated carbocycles. The molecular weight excluding hydrogens is 318 g/mol. The van der Waals surface area contributed by atoms with Crippen molar-refractivity contribution >= 4 is 0 Å². The zero-order chi connectivity index (χ0) is 17.9. The lowest BCUT2D eigenvalue weighted by molar-refractivity contribution is -0.660. The highest BCUT2D eigenvalue weighted by molar-refractivity contribution is 5.74.